The number of hydrogen-bond acceptors (Lipinski definition) is 7. The monoisotopic (exact) mass is 349 g/mol. The van der Waals surface area contributed by atoms with Crippen LogP contribution in [-0.4, -0.2) is 32.2 Å². The van der Waals surface area contributed by atoms with Crippen LogP contribution in [-0.2, 0) is 0 Å². The van der Waals surface area contributed by atoms with Crippen molar-refractivity contribution < 1.29 is 9.53 Å². The van der Waals surface area contributed by atoms with Gasteiger partial charge in [-0.05, 0) is 24.6 Å². The normalized spacial score (nSPS) is 10.7. The quantitative estimate of drug-likeness (QED) is 0.534. The molecule has 3 aromatic heterocycles. The summed E-state index contributed by atoms with van der Waals surface area (Å²) in [7, 11) is 0. The minimum Gasteiger partial charge on any atom is -0.452 e. The third-order valence-corrected chi connectivity index (χ3v) is 3.21. The summed E-state index contributed by atoms with van der Waals surface area (Å²) in [5, 5.41) is 2.69. The van der Waals surface area contributed by atoms with Gasteiger partial charge in [-0.15, -0.1) is 0 Å². The number of nitrogens with two attached hydrogens (primary N) is 1. The molecule has 3 heterocycles. The molecule has 9 heteroatoms. The lowest BCUT2D eigenvalue weighted by Gasteiger charge is -2.09. The second kappa shape index (κ2) is 7.79. The van der Waals surface area contributed by atoms with E-state index in [2.05, 4.69) is 30.2 Å². The molecule has 0 unspecified atom stereocenters. The smallest absolute Gasteiger partial charge is 0.260 e. The van der Waals surface area contributed by atoms with Crippen LogP contribution in [0.3, 0.4) is 0 Å². The number of anilines is 1. The first kappa shape index (κ1) is 17.0. The number of ether oxygens (including phenoxy) is 1. The fourth-order valence-electron chi connectivity index (χ4n) is 2.03. The maximum atomic E-state index is 12.6. The highest BCUT2D eigenvalue weighted by molar-refractivity contribution is 6.07. The second-order valence-electron chi connectivity index (χ2n) is 5.17. The van der Waals surface area contributed by atoms with Crippen LogP contribution in [0.25, 0.3) is 0 Å². The maximum absolute atomic E-state index is 12.6. The average molecular weight is 349 g/mol. The first-order chi connectivity index (χ1) is 12.7. The van der Waals surface area contributed by atoms with Crippen molar-refractivity contribution in [2.24, 2.45) is 10.7 Å². The summed E-state index contributed by atoms with van der Waals surface area (Å²) in [6, 6.07) is 5.05. The van der Waals surface area contributed by atoms with Gasteiger partial charge in [0.2, 0.25) is 0 Å². The van der Waals surface area contributed by atoms with Gasteiger partial charge in [0, 0.05) is 6.20 Å². The van der Waals surface area contributed by atoms with Crippen LogP contribution < -0.4 is 15.8 Å². The molecule has 0 aliphatic carbocycles. The molecule has 0 aromatic carbocycles. The Morgan fingerprint density at radius 1 is 1.15 bits per heavy atom. The minimum atomic E-state index is -0.441. The molecule has 3 aromatic rings. The molecule has 1 amide bonds. The van der Waals surface area contributed by atoms with E-state index < -0.39 is 5.91 Å². The van der Waals surface area contributed by atoms with Crippen LogP contribution in [0.15, 0.2) is 54.3 Å². The molecule has 0 saturated carbocycles. The number of rotatable bonds is 5. The summed E-state index contributed by atoms with van der Waals surface area (Å²) in [6.45, 7) is 1.91. The number of amides is 1. The fourth-order valence-corrected chi connectivity index (χ4v) is 2.03. The summed E-state index contributed by atoms with van der Waals surface area (Å²) < 4.78 is 5.60. The zero-order valence-electron chi connectivity index (χ0n) is 13.8. The molecule has 0 bridgehead atoms. The molecule has 0 fully saturated rings. The van der Waals surface area contributed by atoms with E-state index in [0.29, 0.717) is 17.3 Å². The lowest BCUT2D eigenvalue weighted by molar-refractivity contribution is 0.102. The molecule has 3 rings (SSSR count). The standard InChI is InChI=1S/C17H15N7O2/c1-11-2-3-15(21-5-11)24-17(25)14-4-12(8-22-16(14)23-9-18)26-13-6-19-10-20-7-13/h2-10H,1H3,(H2,18,22,23)(H,21,24,25). The van der Waals surface area contributed by atoms with Crippen molar-refractivity contribution in [2.45, 2.75) is 6.92 Å². The maximum Gasteiger partial charge on any atom is 0.260 e. The summed E-state index contributed by atoms with van der Waals surface area (Å²) >= 11 is 0. The molecule has 0 spiro atoms. The van der Waals surface area contributed by atoms with E-state index in [4.69, 9.17) is 10.5 Å². The van der Waals surface area contributed by atoms with Gasteiger partial charge in [-0.1, -0.05) is 6.07 Å². The van der Waals surface area contributed by atoms with Crippen LogP contribution in [0.5, 0.6) is 11.5 Å². The zero-order chi connectivity index (χ0) is 18.4. The van der Waals surface area contributed by atoms with E-state index in [1.807, 2.05) is 13.0 Å². The van der Waals surface area contributed by atoms with Crippen molar-refractivity contribution in [2.75, 3.05) is 5.32 Å². The van der Waals surface area contributed by atoms with Crippen molar-refractivity contribution in [1.82, 2.24) is 19.9 Å². The Balaban J connectivity index is 1.88. The Kier molecular flexibility index (Phi) is 5.08. The largest absolute Gasteiger partial charge is 0.452 e. The molecule has 26 heavy (non-hydrogen) atoms. The van der Waals surface area contributed by atoms with Crippen molar-refractivity contribution in [3.8, 4) is 11.5 Å². The van der Waals surface area contributed by atoms with Gasteiger partial charge in [0.1, 0.15) is 17.9 Å². The van der Waals surface area contributed by atoms with Gasteiger partial charge in [-0.3, -0.25) is 4.79 Å². The summed E-state index contributed by atoms with van der Waals surface area (Å²) in [4.78, 5) is 32.5. The van der Waals surface area contributed by atoms with E-state index in [9.17, 15) is 4.79 Å². The molecule has 9 nitrogen and oxygen atoms in total. The average Bonchev–Trinajstić information content (AvgIpc) is 2.66. The van der Waals surface area contributed by atoms with E-state index >= 15 is 0 Å². The van der Waals surface area contributed by atoms with E-state index in [0.717, 1.165) is 11.9 Å². The van der Waals surface area contributed by atoms with Gasteiger partial charge in [0.25, 0.3) is 5.91 Å². The van der Waals surface area contributed by atoms with Crippen LogP contribution in [0.1, 0.15) is 15.9 Å². The second-order valence-corrected chi connectivity index (χ2v) is 5.17. The number of nitrogens with zero attached hydrogens (tertiary/aromatic N) is 5. The molecule has 0 saturated heterocycles. The number of pyridine rings is 2. The minimum absolute atomic E-state index is 0.161. The first-order valence-electron chi connectivity index (χ1n) is 7.57. The van der Waals surface area contributed by atoms with Gasteiger partial charge < -0.3 is 15.8 Å². The van der Waals surface area contributed by atoms with Crippen LogP contribution in [0.4, 0.5) is 11.6 Å². The van der Waals surface area contributed by atoms with Crippen molar-refractivity contribution in [3.63, 3.8) is 0 Å². The SMILES string of the molecule is Cc1ccc(NC(=O)c2cc(Oc3cncnc3)cnc2/N=C\N)nc1. The molecular weight excluding hydrogens is 334 g/mol. The lowest BCUT2D eigenvalue weighted by Crippen LogP contribution is -2.14. The molecule has 3 N–H and O–H groups in total. The number of carbonyl (C=O) groups is 1. The first-order valence-corrected chi connectivity index (χ1v) is 7.57. The zero-order valence-corrected chi connectivity index (χ0v) is 13.8. The Morgan fingerprint density at radius 2 is 1.96 bits per heavy atom. The fraction of sp³-hybridized carbons (Fsp3) is 0.0588. The Morgan fingerprint density at radius 3 is 2.65 bits per heavy atom. The molecule has 0 atom stereocenters. The van der Waals surface area contributed by atoms with Crippen molar-refractivity contribution in [1.29, 1.82) is 0 Å². The van der Waals surface area contributed by atoms with Gasteiger partial charge in [0.05, 0.1) is 30.5 Å². The van der Waals surface area contributed by atoms with Gasteiger partial charge in [-0.2, -0.15) is 0 Å². The number of aryl methyl sites for hydroxylation is 1. The number of hydrogen-bond donors (Lipinski definition) is 2. The lowest BCUT2D eigenvalue weighted by atomic mass is 10.2. The van der Waals surface area contributed by atoms with Gasteiger partial charge >= 0.3 is 0 Å². The third-order valence-electron chi connectivity index (χ3n) is 3.21. The van der Waals surface area contributed by atoms with Crippen LogP contribution in [0.2, 0.25) is 0 Å². The Hall–Kier alpha value is -3.88. The topological polar surface area (TPSA) is 128 Å². The molecule has 130 valence electrons. The third kappa shape index (κ3) is 4.15. The molecule has 0 radical (unpaired) electrons. The van der Waals surface area contributed by atoms with Gasteiger partial charge in [-0.25, -0.2) is 24.9 Å². The molecular formula is C17H15N7O2. The highest BCUT2D eigenvalue weighted by Crippen LogP contribution is 2.25. The van der Waals surface area contributed by atoms with E-state index in [-0.39, 0.29) is 11.4 Å². The van der Waals surface area contributed by atoms with Crippen molar-refractivity contribution in [3.05, 3.63) is 60.4 Å². The summed E-state index contributed by atoms with van der Waals surface area (Å²) in [6.07, 6.45) is 8.52. The number of nitrogens with one attached hydrogen (secondary N) is 1. The van der Waals surface area contributed by atoms with Gasteiger partial charge in [0.15, 0.2) is 11.6 Å². The Bertz CT molecular complexity index is 928. The summed E-state index contributed by atoms with van der Waals surface area (Å²) in [5.74, 6) is 0.873. The van der Waals surface area contributed by atoms with Crippen LogP contribution >= 0.6 is 0 Å². The predicted molar refractivity (Wildman–Crippen MR) is 95.6 cm³/mol. The Labute approximate surface area is 149 Å². The molecule has 0 aliphatic rings. The highest BCUT2D eigenvalue weighted by atomic mass is 16.5. The van der Waals surface area contributed by atoms with Crippen molar-refractivity contribution >= 4 is 23.9 Å². The summed E-state index contributed by atoms with van der Waals surface area (Å²) in [5.41, 5.74) is 6.51. The number of carbonyl (C=O) groups excluding carboxylic acids is 1. The number of aromatic nitrogens is 4. The molecule has 0 aliphatic heterocycles. The highest BCUT2D eigenvalue weighted by Gasteiger charge is 2.15. The van der Waals surface area contributed by atoms with Crippen LogP contribution in [0, 0.1) is 6.92 Å². The number of aliphatic imine (C=N–C) groups is 1. The van der Waals surface area contributed by atoms with E-state index in [1.54, 1.807) is 12.3 Å². The predicted octanol–water partition coefficient (Wildman–Crippen LogP) is 2.24. The van der Waals surface area contributed by atoms with E-state index in [1.165, 1.54) is 31.0 Å².